The van der Waals surface area contributed by atoms with Crippen LogP contribution in [-0.2, 0) is 33.2 Å². The van der Waals surface area contributed by atoms with E-state index in [1.54, 1.807) is 25.3 Å². The van der Waals surface area contributed by atoms with Crippen LogP contribution in [0.4, 0.5) is 4.79 Å². The second-order valence-electron chi connectivity index (χ2n) is 12.3. The lowest BCUT2D eigenvalue weighted by Crippen LogP contribution is -2.61. The molecule has 3 heterocycles. The van der Waals surface area contributed by atoms with Crippen molar-refractivity contribution in [2.24, 2.45) is 29.1 Å². The van der Waals surface area contributed by atoms with E-state index in [1.165, 1.54) is 14.2 Å². The number of nitrogens with one attached hydrogen (secondary N) is 1. The molecule has 0 amide bonds. The molecule has 5 rings (SSSR count). The number of aliphatic hydroxyl groups excluding tert-OH is 1. The molecule has 11 heteroatoms. The number of cyclic esters (lactones) is 1. The summed E-state index contributed by atoms with van der Waals surface area (Å²) in [5.74, 6) is -2.72. The van der Waals surface area contributed by atoms with E-state index >= 15 is 0 Å². The average Bonchev–Trinajstić information content (AvgIpc) is 3.53. The van der Waals surface area contributed by atoms with Gasteiger partial charge in [0.05, 0.1) is 13.2 Å². The number of aromatic nitrogens is 1. The Kier molecular flexibility index (Phi) is 8.06. The highest BCUT2D eigenvalue weighted by molar-refractivity contribution is 5.87. The van der Waals surface area contributed by atoms with Gasteiger partial charge >= 0.3 is 18.1 Å². The Morgan fingerprint density at radius 3 is 2.62 bits per heavy atom. The maximum absolute atomic E-state index is 13.4. The van der Waals surface area contributed by atoms with E-state index in [4.69, 9.17) is 23.7 Å². The zero-order valence-corrected chi connectivity index (χ0v) is 25.1. The van der Waals surface area contributed by atoms with Gasteiger partial charge in [-0.2, -0.15) is 0 Å². The molecule has 0 aromatic carbocycles. The minimum atomic E-state index is -1.03. The highest BCUT2D eigenvalue weighted by Crippen LogP contribution is 2.66. The molecule has 1 aromatic rings. The summed E-state index contributed by atoms with van der Waals surface area (Å²) in [4.78, 5) is 41.2. The van der Waals surface area contributed by atoms with Gasteiger partial charge in [0.15, 0.2) is 6.10 Å². The maximum atomic E-state index is 13.4. The number of carbonyl (C=O) groups is 3. The summed E-state index contributed by atoms with van der Waals surface area (Å²) in [6.07, 6.45) is 2.21. The molecular formula is C31H41NO10. The quantitative estimate of drug-likeness (QED) is 0.298. The minimum absolute atomic E-state index is 0.220. The molecule has 12 atom stereocenters. The molecule has 1 spiro atoms. The van der Waals surface area contributed by atoms with E-state index < -0.39 is 83.5 Å². The molecule has 1 saturated carbocycles. The van der Waals surface area contributed by atoms with Gasteiger partial charge in [-0.15, -0.1) is 0 Å². The second kappa shape index (κ2) is 11.2. The topological polar surface area (TPSA) is 143 Å². The van der Waals surface area contributed by atoms with Crippen molar-refractivity contribution in [3.63, 3.8) is 0 Å². The van der Waals surface area contributed by atoms with Gasteiger partial charge < -0.3 is 38.5 Å². The van der Waals surface area contributed by atoms with E-state index in [1.807, 2.05) is 45.9 Å². The van der Waals surface area contributed by atoms with Crippen LogP contribution in [0.15, 0.2) is 42.1 Å². The lowest BCUT2D eigenvalue weighted by molar-refractivity contribution is -0.173. The molecule has 4 bridgehead atoms. The van der Waals surface area contributed by atoms with Crippen LogP contribution in [-0.4, -0.2) is 84.6 Å². The van der Waals surface area contributed by atoms with Gasteiger partial charge in [0.2, 0.25) is 0 Å². The van der Waals surface area contributed by atoms with E-state index in [0.717, 1.165) is 5.57 Å². The van der Waals surface area contributed by atoms with Crippen molar-refractivity contribution in [2.45, 2.75) is 83.3 Å². The van der Waals surface area contributed by atoms with Gasteiger partial charge in [-0.1, -0.05) is 39.0 Å². The van der Waals surface area contributed by atoms with Crippen molar-refractivity contribution >= 4 is 18.1 Å². The first-order valence-electron chi connectivity index (χ1n) is 14.4. The van der Waals surface area contributed by atoms with Crippen LogP contribution in [0, 0.1) is 29.1 Å². The van der Waals surface area contributed by atoms with Gasteiger partial charge in [-0.05, 0) is 38.0 Å². The standard InChI is InChI=1S/C31H41NO10/c1-15-13-16(2)31-19(14-21(37-6)28(35)40-23(15)18(4)39-29(36)38-7)10-11-30(5)25(31)22(33)17(3)24(26(30)42-31)41-27(34)20-9-8-12-32-20/h8-13,15,17-19,21-26,32-33H,14H2,1-7H3/b16-13+/t15-,17-,18-,19?,21+,22-,23+,24-,25-,26+,30-,31+/m1/s1. The van der Waals surface area contributed by atoms with Crippen LogP contribution in [0.3, 0.4) is 0 Å². The maximum Gasteiger partial charge on any atom is 0.508 e. The molecule has 2 aliphatic carbocycles. The van der Waals surface area contributed by atoms with Crippen molar-refractivity contribution in [3.8, 4) is 0 Å². The number of rotatable bonds is 5. The van der Waals surface area contributed by atoms with Gasteiger partial charge in [-0.25, -0.2) is 14.4 Å². The van der Waals surface area contributed by atoms with Crippen molar-refractivity contribution in [1.29, 1.82) is 0 Å². The Morgan fingerprint density at radius 2 is 1.98 bits per heavy atom. The molecule has 2 aliphatic heterocycles. The number of carbonyl (C=O) groups excluding carboxylic acids is 3. The Balaban J connectivity index is 1.59. The zero-order chi connectivity index (χ0) is 30.6. The first-order valence-corrected chi connectivity index (χ1v) is 14.4. The fraction of sp³-hybridized carbons (Fsp3) is 0.645. The summed E-state index contributed by atoms with van der Waals surface area (Å²) >= 11 is 0. The van der Waals surface area contributed by atoms with E-state index in [0.29, 0.717) is 5.69 Å². The molecule has 11 nitrogen and oxygen atoms in total. The summed E-state index contributed by atoms with van der Waals surface area (Å²) in [5.41, 5.74) is -0.547. The lowest BCUT2D eigenvalue weighted by atomic mass is 9.51. The highest BCUT2D eigenvalue weighted by Gasteiger charge is 2.73. The minimum Gasteiger partial charge on any atom is -0.456 e. The third-order valence-corrected chi connectivity index (χ3v) is 9.89. The largest absolute Gasteiger partial charge is 0.508 e. The monoisotopic (exact) mass is 587 g/mol. The van der Waals surface area contributed by atoms with E-state index in [9.17, 15) is 19.5 Å². The van der Waals surface area contributed by atoms with Crippen LogP contribution in [0.1, 0.15) is 51.5 Å². The van der Waals surface area contributed by atoms with Crippen LogP contribution >= 0.6 is 0 Å². The number of hydrogen-bond acceptors (Lipinski definition) is 10. The molecule has 0 radical (unpaired) electrons. The molecule has 2 fully saturated rings. The fourth-order valence-corrected chi connectivity index (χ4v) is 7.79. The molecule has 1 aromatic heterocycles. The van der Waals surface area contributed by atoms with Crippen LogP contribution in [0.5, 0.6) is 0 Å². The van der Waals surface area contributed by atoms with Crippen molar-refractivity contribution < 1.29 is 47.9 Å². The Morgan fingerprint density at radius 1 is 1.24 bits per heavy atom. The van der Waals surface area contributed by atoms with Crippen LogP contribution < -0.4 is 0 Å². The smallest absolute Gasteiger partial charge is 0.456 e. The predicted molar refractivity (Wildman–Crippen MR) is 148 cm³/mol. The van der Waals surface area contributed by atoms with E-state index in [2.05, 4.69) is 9.72 Å². The van der Waals surface area contributed by atoms with Gasteiger partial charge in [-0.3, -0.25) is 0 Å². The molecular weight excluding hydrogens is 546 g/mol. The summed E-state index contributed by atoms with van der Waals surface area (Å²) in [6.45, 7) is 9.36. The molecule has 1 unspecified atom stereocenters. The zero-order valence-electron chi connectivity index (χ0n) is 25.1. The van der Waals surface area contributed by atoms with Crippen molar-refractivity contribution in [1.82, 2.24) is 4.98 Å². The first kappa shape index (κ1) is 30.3. The molecule has 4 aliphatic rings. The van der Waals surface area contributed by atoms with Crippen LogP contribution in [0.25, 0.3) is 0 Å². The number of ether oxygens (including phenoxy) is 6. The van der Waals surface area contributed by atoms with Crippen molar-refractivity contribution in [2.75, 3.05) is 14.2 Å². The average molecular weight is 588 g/mol. The lowest BCUT2D eigenvalue weighted by Gasteiger charge is -2.53. The first-order chi connectivity index (χ1) is 19.9. The van der Waals surface area contributed by atoms with Crippen LogP contribution in [0.2, 0.25) is 0 Å². The number of esters is 2. The molecule has 1 saturated heterocycles. The molecule has 230 valence electrons. The third kappa shape index (κ3) is 4.66. The fourth-order valence-electron chi connectivity index (χ4n) is 7.79. The predicted octanol–water partition coefficient (Wildman–Crippen LogP) is 3.58. The highest BCUT2D eigenvalue weighted by atomic mass is 16.7. The normalized spacial score (nSPS) is 42.8. The summed E-state index contributed by atoms with van der Waals surface area (Å²) < 4.78 is 34.6. The number of aromatic amines is 1. The van der Waals surface area contributed by atoms with Gasteiger partial charge in [0, 0.05) is 42.4 Å². The summed E-state index contributed by atoms with van der Waals surface area (Å²) in [7, 11) is 2.65. The number of hydrogen-bond donors (Lipinski definition) is 2. The van der Waals surface area contributed by atoms with Crippen molar-refractivity contribution in [3.05, 3.63) is 47.8 Å². The SMILES string of the molecule is COC(=O)O[C@H](C)[C@H]1OC(=O)[C@@H](OC)CC2C=C[C@]3(C)[C@H]4[C@H](O)[C@@H](C)[C@@H](OC(=O)c5ccc[nH]5)[C@@H]3O[C@@]24/C(C)=C/[C@H]1C. The molecule has 42 heavy (non-hydrogen) atoms. The Bertz CT molecular complexity index is 1260. The third-order valence-electron chi connectivity index (χ3n) is 9.89. The molecule has 2 N–H and O–H groups in total. The van der Waals surface area contributed by atoms with Gasteiger partial charge in [0.25, 0.3) is 0 Å². The van der Waals surface area contributed by atoms with E-state index in [-0.39, 0.29) is 12.3 Å². The number of methoxy groups -OCH3 is 2. The number of aliphatic hydroxyl groups is 1. The summed E-state index contributed by atoms with van der Waals surface area (Å²) in [6, 6.07) is 3.36. The second-order valence-corrected chi connectivity index (χ2v) is 12.3. The van der Waals surface area contributed by atoms with Gasteiger partial charge in [0.1, 0.15) is 35.7 Å². The summed E-state index contributed by atoms with van der Waals surface area (Å²) in [5, 5.41) is 12.0. The Hall–Kier alpha value is -3.15. The Labute approximate surface area is 245 Å². The number of H-pyrrole nitrogens is 1.